The molecule has 8 heteroatoms. The minimum absolute atomic E-state index is 0.132. The molecular formula is C19H19F3N2O3. The van der Waals surface area contributed by atoms with E-state index < -0.39 is 18.4 Å². The van der Waals surface area contributed by atoms with Gasteiger partial charge in [-0.05, 0) is 42.8 Å². The summed E-state index contributed by atoms with van der Waals surface area (Å²) in [6, 6.07) is 11.1. The summed E-state index contributed by atoms with van der Waals surface area (Å²) in [5, 5.41) is 2.65. The van der Waals surface area contributed by atoms with Gasteiger partial charge in [-0.3, -0.25) is 9.59 Å². The van der Waals surface area contributed by atoms with Crippen molar-refractivity contribution in [2.45, 2.75) is 20.1 Å². The second-order valence-corrected chi connectivity index (χ2v) is 5.63. The van der Waals surface area contributed by atoms with Crippen LogP contribution in [0.4, 0.5) is 13.2 Å². The van der Waals surface area contributed by atoms with Crippen LogP contribution in [-0.2, 0) is 11.3 Å². The van der Waals surface area contributed by atoms with Crippen LogP contribution in [0, 0.1) is 5.82 Å². The molecule has 0 aliphatic heterocycles. The molecule has 0 aromatic heterocycles. The highest BCUT2D eigenvalue weighted by Gasteiger charge is 2.18. The summed E-state index contributed by atoms with van der Waals surface area (Å²) in [5.74, 6) is -1.37. The fourth-order valence-electron chi connectivity index (χ4n) is 2.35. The number of benzene rings is 2. The van der Waals surface area contributed by atoms with Gasteiger partial charge in [-0.25, -0.2) is 4.39 Å². The molecular weight excluding hydrogens is 361 g/mol. The minimum atomic E-state index is -2.99. The predicted molar refractivity (Wildman–Crippen MR) is 92.9 cm³/mol. The van der Waals surface area contributed by atoms with Gasteiger partial charge < -0.3 is 15.0 Å². The number of nitrogens with one attached hydrogen (secondary N) is 1. The lowest BCUT2D eigenvalue weighted by molar-refractivity contribution is -0.121. The molecule has 0 saturated carbocycles. The quantitative estimate of drug-likeness (QED) is 0.765. The van der Waals surface area contributed by atoms with Gasteiger partial charge >= 0.3 is 6.61 Å². The average Bonchev–Trinajstić information content (AvgIpc) is 2.65. The van der Waals surface area contributed by atoms with E-state index in [-0.39, 0.29) is 36.8 Å². The summed E-state index contributed by atoms with van der Waals surface area (Å²) in [6.07, 6.45) is 0. The molecule has 0 unspecified atom stereocenters. The third kappa shape index (κ3) is 6.32. The molecule has 2 rings (SSSR count). The number of alkyl halides is 2. The van der Waals surface area contributed by atoms with Crippen molar-refractivity contribution < 1.29 is 27.5 Å². The van der Waals surface area contributed by atoms with Crippen molar-refractivity contribution in [2.24, 2.45) is 0 Å². The Morgan fingerprint density at radius 3 is 2.48 bits per heavy atom. The Morgan fingerprint density at radius 2 is 1.85 bits per heavy atom. The zero-order valence-electron chi connectivity index (χ0n) is 14.6. The molecule has 0 heterocycles. The lowest BCUT2D eigenvalue weighted by atomic mass is 10.2. The van der Waals surface area contributed by atoms with Crippen molar-refractivity contribution in [3.05, 3.63) is 65.5 Å². The van der Waals surface area contributed by atoms with Gasteiger partial charge in [0.2, 0.25) is 5.91 Å². The van der Waals surface area contributed by atoms with Crippen LogP contribution in [0.15, 0.2) is 48.5 Å². The number of carbonyl (C=O) groups excluding carboxylic acids is 2. The number of amides is 2. The van der Waals surface area contributed by atoms with Crippen LogP contribution in [0.5, 0.6) is 5.75 Å². The van der Waals surface area contributed by atoms with E-state index in [0.717, 1.165) is 5.56 Å². The molecule has 0 spiro atoms. The van der Waals surface area contributed by atoms with Crippen LogP contribution in [0.3, 0.4) is 0 Å². The lowest BCUT2D eigenvalue weighted by Gasteiger charge is -2.20. The molecule has 144 valence electrons. The maximum atomic E-state index is 12.9. The Bertz CT molecular complexity index is 782. The van der Waals surface area contributed by atoms with Crippen molar-refractivity contribution >= 4 is 11.8 Å². The first kappa shape index (κ1) is 20.3. The maximum absolute atomic E-state index is 12.9. The zero-order chi connectivity index (χ0) is 19.8. The average molecular weight is 380 g/mol. The highest BCUT2D eigenvalue weighted by molar-refractivity contribution is 5.96. The van der Waals surface area contributed by atoms with Crippen LogP contribution >= 0.6 is 0 Å². The minimum Gasteiger partial charge on any atom is -0.435 e. The molecule has 2 aromatic rings. The molecule has 0 atom stereocenters. The first-order valence-corrected chi connectivity index (χ1v) is 8.24. The number of halogens is 3. The summed E-state index contributed by atoms with van der Waals surface area (Å²) in [4.78, 5) is 25.9. The predicted octanol–water partition coefficient (Wildman–Crippen LogP) is 3.21. The van der Waals surface area contributed by atoms with E-state index in [0.29, 0.717) is 0 Å². The van der Waals surface area contributed by atoms with Crippen LogP contribution < -0.4 is 10.1 Å². The molecule has 5 nitrogen and oxygen atoms in total. The van der Waals surface area contributed by atoms with Crippen molar-refractivity contribution in [1.29, 1.82) is 0 Å². The Morgan fingerprint density at radius 1 is 1.15 bits per heavy atom. The van der Waals surface area contributed by atoms with Gasteiger partial charge in [0.25, 0.3) is 5.91 Å². The summed E-state index contributed by atoms with van der Waals surface area (Å²) in [6.45, 7) is -1.04. The number of rotatable bonds is 8. The molecule has 1 N–H and O–H groups in total. The van der Waals surface area contributed by atoms with Crippen LogP contribution in [0.25, 0.3) is 0 Å². The monoisotopic (exact) mass is 380 g/mol. The Hall–Kier alpha value is -3.03. The van der Waals surface area contributed by atoms with Gasteiger partial charge in [0.05, 0.1) is 6.54 Å². The number of hydrogen-bond donors (Lipinski definition) is 1. The van der Waals surface area contributed by atoms with Gasteiger partial charge in [0.15, 0.2) is 0 Å². The molecule has 2 aromatic carbocycles. The van der Waals surface area contributed by atoms with Crippen molar-refractivity contribution in [2.75, 3.05) is 13.1 Å². The number of nitrogens with zero attached hydrogens (tertiary/aromatic N) is 1. The van der Waals surface area contributed by atoms with E-state index >= 15 is 0 Å². The van der Waals surface area contributed by atoms with E-state index in [2.05, 4.69) is 10.1 Å². The molecule has 27 heavy (non-hydrogen) atoms. The third-order valence-electron chi connectivity index (χ3n) is 3.71. The number of hydrogen-bond acceptors (Lipinski definition) is 3. The largest absolute Gasteiger partial charge is 0.435 e. The summed E-state index contributed by atoms with van der Waals surface area (Å²) >= 11 is 0. The van der Waals surface area contributed by atoms with Crippen molar-refractivity contribution in [3.8, 4) is 5.75 Å². The Balaban J connectivity index is 1.95. The van der Waals surface area contributed by atoms with Crippen molar-refractivity contribution in [1.82, 2.24) is 10.2 Å². The normalized spacial score (nSPS) is 10.6. The van der Waals surface area contributed by atoms with E-state index in [9.17, 15) is 22.8 Å². The number of carbonyl (C=O) groups is 2. The second-order valence-electron chi connectivity index (χ2n) is 5.63. The molecule has 0 radical (unpaired) electrons. The summed E-state index contributed by atoms with van der Waals surface area (Å²) in [5.41, 5.74) is 0.859. The molecule has 0 bridgehead atoms. The van der Waals surface area contributed by atoms with Crippen LogP contribution in [0.2, 0.25) is 0 Å². The highest BCUT2D eigenvalue weighted by atomic mass is 19.3. The summed E-state index contributed by atoms with van der Waals surface area (Å²) < 4.78 is 41.8. The van der Waals surface area contributed by atoms with Crippen molar-refractivity contribution in [3.63, 3.8) is 0 Å². The van der Waals surface area contributed by atoms with Gasteiger partial charge in [-0.2, -0.15) is 8.78 Å². The van der Waals surface area contributed by atoms with Gasteiger partial charge in [-0.1, -0.05) is 18.2 Å². The standard InChI is InChI=1S/C19H19F3N2O3/c1-2-24(12-17(25)23-11-13-6-8-15(20)9-7-13)18(26)14-4-3-5-16(10-14)27-19(21)22/h3-10,19H,2,11-12H2,1H3,(H,23,25). The molecule has 0 aliphatic rings. The SMILES string of the molecule is CCN(CC(=O)NCc1ccc(F)cc1)C(=O)c1cccc(OC(F)F)c1. The van der Waals surface area contributed by atoms with E-state index in [1.54, 1.807) is 19.1 Å². The topological polar surface area (TPSA) is 58.6 Å². The Kier molecular flexibility index (Phi) is 7.22. The first-order valence-electron chi connectivity index (χ1n) is 8.24. The zero-order valence-corrected chi connectivity index (χ0v) is 14.6. The van der Waals surface area contributed by atoms with E-state index in [1.807, 2.05) is 0 Å². The third-order valence-corrected chi connectivity index (χ3v) is 3.71. The van der Waals surface area contributed by atoms with Gasteiger partial charge in [0.1, 0.15) is 11.6 Å². The lowest BCUT2D eigenvalue weighted by Crippen LogP contribution is -2.40. The maximum Gasteiger partial charge on any atom is 0.387 e. The fourth-order valence-corrected chi connectivity index (χ4v) is 2.35. The van der Waals surface area contributed by atoms with Gasteiger partial charge in [-0.15, -0.1) is 0 Å². The Labute approximate surface area is 154 Å². The highest BCUT2D eigenvalue weighted by Crippen LogP contribution is 2.17. The van der Waals surface area contributed by atoms with Crippen LogP contribution in [-0.4, -0.2) is 36.4 Å². The van der Waals surface area contributed by atoms with E-state index in [1.165, 1.54) is 41.3 Å². The molecule has 0 fully saturated rings. The first-order chi connectivity index (χ1) is 12.9. The second kappa shape index (κ2) is 9.61. The smallest absolute Gasteiger partial charge is 0.387 e. The molecule has 2 amide bonds. The number of likely N-dealkylation sites (N-methyl/N-ethyl adjacent to an activating group) is 1. The van der Waals surface area contributed by atoms with E-state index in [4.69, 9.17) is 0 Å². The fraction of sp³-hybridized carbons (Fsp3) is 0.263. The molecule has 0 saturated heterocycles. The number of ether oxygens (including phenoxy) is 1. The summed E-state index contributed by atoms with van der Waals surface area (Å²) in [7, 11) is 0. The van der Waals surface area contributed by atoms with Crippen LogP contribution in [0.1, 0.15) is 22.8 Å². The molecule has 0 aliphatic carbocycles. The van der Waals surface area contributed by atoms with Gasteiger partial charge in [0, 0.05) is 18.7 Å².